The summed E-state index contributed by atoms with van der Waals surface area (Å²) in [5.74, 6) is 0.673. The molecule has 0 fully saturated rings. The van der Waals surface area contributed by atoms with E-state index in [-0.39, 0.29) is 0 Å². The monoisotopic (exact) mass is 359 g/mol. The Morgan fingerprint density at radius 3 is 2.75 bits per heavy atom. The van der Waals surface area contributed by atoms with Gasteiger partial charge in [-0.25, -0.2) is 18.6 Å². The molecule has 8 heteroatoms. The first-order valence-corrected chi connectivity index (χ1v) is 8.16. The zero-order valence-corrected chi connectivity index (χ0v) is 14.0. The molecule has 2 aromatic carbocycles. The fourth-order valence-electron chi connectivity index (χ4n) is 2.54. The second kappa shape index (κ2) is 5.47. The van der Waals surface area contributed by atoms with Gasteiger partial charge in [-0.3, -0.25) is 0 Å². The van der Waals surface area contributed by atoms with E-state index in [1.165, 1.54) is 15.7 Å². The highest BCUT2D eigenvalue weighted by atomic mass is 35.5. The third kappa shape index (κ3) is 2.21. The molecule has 0 aliphatic rings. The normalized spacial score (nSPS) is 11.2. The van der Waals surface area contributed by atoms with Gasteiger partial charge in [0.2, 0.25) is 4.96 Å². The molecule has 120 valence electrons. The quantitative estimate of drug-likeness (QED) is 0.552. The van der Waals surface area contributed by atoms with Crippen molar-refractivity contribution < 1.29 is 4.74 Å². The number of methoxy groups -OCH3 is 1. The number of nitrogens with zero attached hydrogens (tertiary/aromatic N) is 3. The van der Waals surface area contributed by atoms with Gasteiger partial charge in [-0.05, 0) is 36.4 Å². The highest BCUT2D eigenvalue weighted by molar-refractivity contribution is 7.23. The fourth-order valence-corrected chi connectivity index (χ4v) is 3.75. The highest BCUT2D eigenvalue weighted by Gasteiger charge is 2.15. The molecular weight excluding hydrogens is 350 g/mol. The Hall–Kier alpha value is -2.64. The second-order valence-corrected chi connectivity index (χ2v) is 6.49. The Bertz CT molecular complexity index is 1210. The summed E-state index contributed by atoms with van der Waals surface area (Å²) >= 11 is 7.23. The number of hydrogen-bond acceptors (Lipinski definition) is 5. The molecule has 0 bridgehead atoms. The van der Waals surface area contributed by atoms with Crippen LogP contribution in [0.3, 0.4) is 0 Å². The minimum absolute atomic E-state index is 0.339. The van der Waals surface area contributed by atoms with Gasteiger partial charge < -0.3 is 4.74 Å². The van der Waals surface area contributed by atoms with Crippen molar-refractivity contribution in [3.05, 3.63) is 68.5 Å². The van der Waals surface area contributed by atoms with Crippen LogP contribution >= 0.6 is 22.9 Å². The van der Waals surface area contributed by atoms with Crippen LogP contribution in [0.15, 0.2) is 52.1 Å². The van der Waals surface area contributed by atoms with E-state index in [0.29, 0.717) is 26.9 Å². The fraction of sp³-hybridized carbons (Fsp3) is 0.0625. The van der Waals surface area contributed by atoms with Crippen LogP contribution in [0.2, 0.25) is 5.02 Å². The van der Waals surface area contributed by atoms with Gasteiger partial charge in [0, 0.05) is 5.02 Å². The molecule has 0 unspecified atom stereocenters. The lowest BCUT2D eigenvalue weighted by Gasteiger charge is -2.05. The molecule has 2 heterocycles. The van der Waals surface area contributed by atoms with Gasteiger partial charge in [-0.15, -0.1) is 0 Å². The number of ether oxygens (including phenoxy) is 1. The average molecular weight is 360 g/mol. The standard InChI is InChI=1S/C16H10ClN3O3S/c1-23-11-5-6-12-13(8-11)24-15-18-14(21)19(16(22)20(12)15)10-4-2-3-9(17)7-10/h2-8H,1H3. The van der Waals surface area contributed by atoms with E-state index in [2.05, 4.69) is 4.98 Å². The molecule has 4 aromatic rings. The molecule has 0 spiro atoms. The zero-order chi connectivity index (χ0) is 16.8. The molecule has 0 atom stereocenters. The van der Waals surface area contributed by atoms with E-state index in [1.807, 2.05) is 6.07 Å². The summed E-state index contributed by atoms with van der Waals surface area (Å²) in [6, 6.07) is 11.9. The number of thiazole rings is 1. The van der Waals surface area contributed by atoms with Crippen LogP contribution in [0.1, 0.15) is 0 Å². The summed E-state index contributed by atoms with van der Waals surface area (Å²) in [5, 5.41) is 0.434. The van der Waals surface area contributed by atoms with E-state index in [4.69, 9.17) is 16.3 Å². The first-order chi connectivity index (χ1) is 11.6. The minimum atomic E-state index is -0.638. The number of benzene rings is 2. The number of fused-ring (bicyclic) bond motifs is 3. The average Bonchev–Trinajstić information content (AvgIpc) is 2.92. The van der Waals surface area contributed by atoms with E-state index < -0.39 is 11.4 Å². The summed E-state index contributed by atoms with van der Waals surface area (Å²) < 4.78 is 8.43. The van der Waals surface area contributed by atoms with E-state index in [0.717, 1.165) is 9.27 Å². The molecule has 0 saturated carbocycles. The molecular formula is C16H10ClN3O3S. The Balaban J connectivity index is 2.12. The molecule has 0 radical (unpaired) electrons. The van der Waals surface area contributed by atoms with E-state index in [9.17, 15) is 9.59 Å². The Morgan fingerprint density at radius 2 is 2.00 bits per heavy atom. The SMILES string of the molecule is COc1ccc2c(c1)sc1nc(=O)n(-c3cccc(Cl)c3)c(=O)n12. The number of halogens is 1. The van der Waals surface area contributed by atoms with Crippen LogP contribution in [-0.2, 0) is 0 Å². The lowest BCUT2D eigenvalue weighted by molar-refractivity contribution is 0.415. The van der Waals surface area contributed by atoms with Gasteiger partial charge >= 0.3 is 11.4 Å². The van der Waals surface area contributed by atoms with Crippen molar-refractivity contribution in [3.63, 3.8) is 0 Å². The first kappa shape index (κ1) is 14.9. The minimum Gasteiger partial charge on any atom is -0.497 e. The first-order valence-electron chi connectivity index (χ1n) is 6.97. The second-order valence-electron chi connectivity index (χ2n) is 5.05. The van der Waals surface area contributed by atoms with Gasteiger partial charge in [0.15, 0.2) is 0 Å². The molecule has 0 aliphatic heterocycles. The number of rotatable bonds is 2. The van der Waals surface area contributed by atoms with Gasteiger partial charge in [-0.1, -0.05) is 29.0 Å². The number of aromatic nitrogens is 3. The summed E-state index contributed by atoms with van der Waals surface area (Å²) in [4.78, 5) is 29.6. The van der Waals surface area contributed by atoms with Gasteiger partial charge in [0.25, 0.3) is 0 Å². The van der Waals surface area contributed by atoms with Crippen molar-refractivity contribution in [2.45, 2.75) is 0 Å². The van der Waals surface area contributed by atoms with Gasteiger partial charge in [-0.2, -0.15) is 4.98 Å². The highest BCUT2D eigenvalue weighted by Crippen LogP contribution is 2.27. The largest absolute Gasteiger partial charge is 0.497 e. The number of hydrogen-bond donors (Lipinski definition) is 0. The Morgan fingerprint density at radius 1 is 1.17 bits per heavy atom. The van der Waals surface area contributed by atoms with Crippen molar-refractivity contribution in [1.29, 1.82) is 0 Å². The predicted octanol–water partition coefficient (Wildman–Crippen LogP) is 2.72. The maximum atomic E-state index is 12.9. The Kier molecular flexibility index (Phi) is 3.40. The summed E-state index contributed by atoms with van der Waals surface area (Å²) in [7, 11) is 1.57. The molecule has 0 aliphatic carbocycles. The molecule has 4 rings (SSSR count). The lowest BCUT2D eigenvalue weighted by atomic mass is 10.3. The molecule has 2 aromatic heterocycles. The van der Waals surface area contributed by atoms with Crippen molar-refractivity contribution in [2.24, 2.45) is 0 Å². The smallest absolute Gasteiger partial charge is 0.359 e. The lowest BCUT2D eigenvalue weighted by Crippen LogP contribution is -2.37. The van der Waals surface area contributed by atoms with Crippen LogP contribution in [0.4, 0.5) is 0 Å². The van der Waals surface area contributed by atoms with E-state index >= 15 is 0 Å². The van der Waals surface area contributed by atoms with Crippen LogP contribution in [0.5, 0.6) is 5.75 Å². The molecule has 24 heavy (non-hydrogen) atoms. The third-order valence-electron chi connectivity index (χ3n) is 3.63. The molecule has 0 N–H and O–H groups in total. The molecule has 0 amide bonds. The summed E-state index contributed by atoms with van der Waals surface area (Å²) in [5.41, 5.74) is -0.0687. The Labute approximate surface area is 144 Å². The molecule has 6 nitrogen and oxygen atoms in total. The topological polar surface area (TPSA) is 65.6 Å². The van der Waals surface area contributed by atoms with Crippen LogP contribution < -0.4 is 16.1 Å². The van der Waals surface area contributed by atoms with Gasteiger partial charge in [0.1, 0.15) is 5.75 Å². The zero-order valence-electron chi connectivity index (χ0n) is 12.4. The summed E-state index contributed by atoms with van der Waals surface area (Å²) in [6.07, 6.45) is 0. The van der Waals surface area contributed by atoms with Crippen LogP contribution in [0, 0.1) is 0 Å². The van der Waals surface area contributed by atoms with Gasteiger partial charge in [0.05, 0.1) is 23.0 Å². The van der Waals surface area contributed by atoms with E-state index in [1.54, 1.807) is 43.5 Å². The predicted molar refractivity (Wildman–Crippen MR) is 94.0 cm³/mol. The molecule has 0 saturated heterocycles. The van der Waals surface area contributed by atoms with Crippen molar-refractivity contribution >= 4 is 38.1 Å². The van der Waals surface area contributed by atoms with Crippen molar-refractivity contribution in [2.75, 3.05) is 7.11 Å². The third-order valence-corrected chi connectivity index (χ3v) is 4.87. The van der Waals surface area contributed by atoms with Crippen LogP contribution in [0.25, 0.3) is 20.9 Å². The summed E-state index contributed by atoms with van der Waals surface area (Å²) in [6.45, 7) is 0. The maximum Gasteiger partial charge on any atom is 0.359 e. The maximum absolute atomic E-state index is 12.9. The van der Waals surface area contributed by atoms with Crippen molar-refractivity contribution in [3.8, 4) is 11.4 Å². The van der Waals surface area contributed by atoms with Crippen molar-refractivity contribution in [1.82, 2.24) is 14.0 Å². The van der Waals surface area contributed by atoms with Crippen LogP contribution in [-0.4, -0.2) is 21.1 Å².